The number of methoxy groups -OCH3 is 4. The summed E-state index contributed by atoms with van der Waals surface area (Å²) >= 11 is 0. The van der Waals surface area contributed by atoms with Gasteiger partial charge in [-0.05, 0) is 83.6 Å². The minimum Gasteiger partial charge on any atom is -0.493 e. The van der Waals surface area contributed by atoms with Crippen LogP contribution in [0.25, 0.3) is 23.5 Å². The zero-order chi connectivity index (χ0) is 25.3. The summed E-state index contributed by atoms with van der Waals surface area (Å²) in [6, 6.07) is 20.0. The highest BCUT2D eigenvalue weighted by atomic mass is 16.5. The Bertz CT molecular complexity index is 1350. The second-order valence-electron chi connectivity index (χ2n) is 8.16. The van der Waals surface area contributed by atoms with E-state index in [1.54, 1.807) is 28.4 Å². The van der Waals surface area contributed by atoms with E-state index in [4.69, 9.17) is 18.9 Å². The summed E-state index contributed by atoms with van der Waals surface area (Å²) in [5.41, 5.74) is 6.11. The van der Waals surface area contributed by atoms with Gasteiger partial charge >= 0.3 is 0 Å². The van der Waals surface area contributed by atoms with Crippen molar-refractivity contribution in [1.29, 1.82) is 0 Å². The van der Waals surface area contributed by atoms with Gasteiger partial charge in [0.1, 0.15) is 0 Å². The summed E-state index contributed by atoms with van der Waals surface area (Å²) in [5, 5.41) is 0. The highest BCUT2D eigenvalue weighted by Crippen LogP contribution is 2.29. The van der Waals surface area contributed by atoms with Crippen molar-refractivity contribution in [3.63, 3.8) is 0 Å². The van der Waals surface area contributed by atoms with Gasteiger partial charge in [0, 0.05) is 12.4 Å². The standard InChI is InChI=1S/C30H30N2O4/c1-33-27-11-9-21(19-29(27)35-3)5-7-23-13-15-31-25(17-23)26-18-24(14-16-32-26)8-6-22-10-12-28(34-2)30(20-22)36-4/h5,7,9-20H,6,8H2,1-4H3/b7-5+. The van der Waals surface area contributed by atoms with Gasteiger partial charge in [-0.1, -0.05) is 24.3 Å². The lowest BCUT2D eigenvalue weighted by Crippen LogP contribution is -1.96. The van der Waals surface area contributed by atoms with Gasteiger partial charge in [-0.25, -0.2) is 0 Å². The molecule has 0 aliphatic rings. The molecule has 2 heterocycles. The Morgan fingerprint density at radius 3 is 1.72 bits per heavy atom. The molecule has 2 aromatic carbocycles. The zero-order valence-electron chi connectivity index (χ0n) is 21.0. The maximum Gasteiger partial charge on any atom is 0.161 e. The summed E-state index contributed by atoms with van der Waals surface area (Å²) in [6.45, 7) is 0. The number of aryl methyl sites for hydroxylation is 2. The smallest absolute Gasteiger partial charge is 0.161 e. The lowest BCUT2D eigenvalue weighted by molar-refractivity contribution is 0.354. The first-order chi connectivity index (χ1) is 17.6. The molecule has 0 radical (unpaired) electrons. The van der Waals surface area contributed by atoms with E-state index in [1.165, 1.54) is 11.1 Å². The predicted octanol–water partition coefficient (Wildman–Crippen LogP) is 6.13. The van der Waals surface area contributed by atoms with Crippen LogP contribution in [0.5, 0.6) is 23.0 Å². The topological polar surface area (TPSA) is 62.7 Å². The first-order valence-corrected chi connectivity index (χ1v) is 11.7. The summed E-state index contributed by atoms with van der Waals surface area (Å²) < 4.78 is 21.5. The van der Waals surface area contributed by atoms with Gasteiger partial charge in [0.2, 0.25) is 0 Å². The van der Waals surface area contributed by atoms with Gasteiger partial charge in [0.15, 0.2) is 23.0 Å². The maximum absolute atomic E-state index is 5.43. The highest BCUT2D eigenvalue weighted by molar-refractivity contribution is 5.72. The number of hydrogen-bond donors (Lipinski definition) is 0. The zero-order valence-corrected chi connectivity index (χ0v) is 21.0. The van der Waals surface area contributed by atoms with Crippen LogP contribution >= 0.6 is 0 Å². The van der Waals surface area contributed by atoms with E-state index in [9.17, 15) is 0 Å². The van der Waals surface area contributed by atoms with Crippen LogP contribution in [0.15, 0.2) is 73.1 Å². The maximum atomic E-state index is 5.43. The normalized spacial score (nSPS) is 10.9. The van der Waals surface area contributed by atoms with Crippen molar-refractivity contribution in [3.05, 3.63) is 95.3 Å². The van der Waals surface area contributed by atoms with Crippen molar-refractivity contribution in [2.75, 3.05) is 28.4 Å². The molecule has 36 heavy (non-hydrogen) atoms. The molecule has 4 rings (SSSR count). The number of nitrogens with zero attached hydrogens (tertiary/aromatic N) is 2. The lowest BCUT2D eigenvalue weighted by Gasteiger charge is -2.10. The number of aromatic nitrogens is 2. The van der Waals surface area contributed by atoms with Crippen LogP contribution in [0.3, 0.4) is 0 Å². The van der Waals surface area contributed by atoms with Gasteiger partial charge in [-0.15, -0.1) is 0 Å². The van der Waals surface area contributed by atoms with Gasteiger partial charge < -0.3 is 18.9 Å². The molecule has 0 bridgehead atoms. The summed E-state index contributed by atoms with van der Waals surface area (Å²) in [5.74, 6) is 2.88. The Hall–Kier alpha value is -4.32. The minimum atomic E-state index is 0.698. The highest BCUT2D eigenvalue weighted by Gasteiger charge is 2.07. The number of benzene rings is 2. The quantitative estimate of drug-likeness (QED) is 0.271. The molecule has 184 valence electrons. The monoisotopic (exact) mass is 482 g/mol. The minimum absolute atomic E-state index is 0.698. The molecule has 0 aliphatic heterocycles. The predicted molar refractivity (Wildman–Crippen MR) is 143 cm³/mol. The van der Waals surface area contributed by atoms with E-state index in [0.29, 0.717) is 11.5 Å². The van der Waals surface area contributed by atoms with Gasteiger partial charge in [-0.3, -0.25) is 9.97 Å². The van der Waals surface area contributed by atoms with E-state index < -0.39 is 0 Å². The Labute approximate surface area is 212 Å². The van der Waals surface area contributed by atoms with Crippen molar-refractivity contribution in [3.8, 4) is 34.4 Å². The number of hydrogen-bond acceptors (Lipinski definition) is 6. The molecule has 0 N–H and O–H groups in total. The number of ether oxygens (including phenoxy) is 4. The van der Waals surface area contributed by atoms with E-state index in [1.807, 2.05) is 73.1 Å². The van der Waals surface area contributed by atoms with Crippen LogP contribution in [0.2, 0.25) is 0 Å². The van der Waals surface area contributed by atoms with Crippen LogP contribution in [-0.2, 0) is 12.8 Å². The van der Waals surface area contributed by atoms with Crippen LogP contribution in [0.4, 0.5) is 0 Å². The molecule has 0 saturated heterocycles. The van der Waals surface area contributed by atoms with Crippen molar-refractivity contribution in [2.24, 2.45) is 0 Å². The first-order valence-electron chi connectivity index (χ1n) is 11.7. The van der Waals surface area contributed by atoms with E-state index >= 15 is 0 Å². The van der Waals surface area contributed by atoms with Crippen molar-refractivity contribution in [1.82, 2.24) is 9.97 Å². The summed E-state index contributed by atoms with van der Waals surface area (Å²) in [7, 11) is 6.56. The van der Waals surface area contributed by atoms with E-state index in [2.05, 4.69) is 22.1 Å². The Morgan fingerprint density at radius 1 is 0.528 bits per heavy atom. The Morgan fingerprint density at radius 2 is 1.06 bits per heavy atom. The molecule has 0 spiro atoms. The van der Waals surface area contributed by atoms with Gasteiger partial charge in [-0.2, -0.15) is 0 Å². The van der Waals surface area contributed by atoms with Crippen LogP contribution in [0, 0.1) is 0 Å². The molecular formula is C30H30N2O4. The van der Waals surface area contributed by atoms with E-state index in [0.717, 1.165) is 46.9 Å². The molecule has 0 aliphatic carbocycles. The number of rotatable bonds is 10. The third kappa shape index (κ3) is 6.02. The fourth-order valence-corrected chi connectivity index (χ4v) is 3.93. The van der Waals surface area contributed by atoms with Crippen molar-refractivity contribution >= 4 is 12.2 Å². The van der Waals surface area contributed by atoms with Crippen LogP contribution in [-0.4, -0.2) is 38.4 Å². The van der Waals surface area contributed by atoms with Crippen LogP contribution in [0.1, 0.15) is 22.3 Å². The van der Waals surface area contributed by atoms with E-state index in [-0.39, 0.29) is 0 Å². The van der Waals surface area contributed by atoms with Crippen LogP contribution < -0.4 is 18.9 Å². The lowest BCUT2D eigenvalue weighted by atomic mass is 10.0. The fourth-order valence-electron chi connectivity index (χ4n) is 3.93. The largest absolute Gasteiger partial charge is 0.493 e. The van der Waals surface area contributed by atoms with Crippen molar-refractivity contribution in [2.45, 2.75) is 12.8 Å². The van der Waals surface area contributed by atoms with Gasteiger partial charge in [0.25, 0.3) is 0 Å². The molecule has 0 fully saturated rings. The molecule has 2 aromatic heterocycles. The first kappa shape index (κ1) is 24.8. The molecule has 0 amide bonds. The molecule has 6 heteroatoms. The average molecular weight is 483 g/mol. The molecule has 4 aromatic rings. The fraction of sp³-hybridized carbons (Fsp3) is 0.200. The summed E-state index contributed by atoms with van der Waals surface area (Å²) in [6.07, 6.45) is 9.49. The molecule has 0 unspecified atom stereocenters. The average Bonchev–Trinajstić information content (AvgIpc) is 2.94. The molecular weight excluding hydrogens is 452 g/mol. The SMILES string of the molecule is COc1ccc(/C=C/c2ccnc(-c3cc(CCc4ccc(OC)c(OC)c4)ccn3)c2)cc1OC. The number of pyridine rings is 2. The van der Waals surface area contributed by atoms with Gasteiger partial charge in [0.05, 0.1) is 39.8 Å². The molecule has 0 atom stereocenters. The third-order valence-corrected chi connectivity index (χ3v) is 5.90. The Balaban J connectivity index is 1.48. The molecule has 0 saturated carbocycles. The molecule has 6 nitrogen and oxygen atoms in total. The van der Waals surface area contributed by atoms with Crippen molar-refractivity contribution < 1.29 is 18.9 Å². The Kier molecular flexibility index (Phi) is 8.19. The summed E-state index contributed by atoms with van der Waals surface area (Å²) in [4.78, 5) is 9.11. The third-order valence-electron chi connectivity index (χ3n) is 5.90. The second kappa shape index (κ2) is 11.9. The second-order valence-corrected chi connectivity index (χ2v) is 8.16.